The first-order valence-electron chi connectivity index (χ1n) is 5.46. The van der Waals surface area contributed by atoms with Crippen LogP contribution >= 0.6 is 11.6 Å². The molecule has 0 heterocycles. The molecule has 1 unspecified atom stereocenters. The number of hydrogen-bond donors (Lipinski definition) is 1. The lowest BCUT2D eigenvalue weighted by atomic mass is 9.94. The van der Waals surface area contributed by atoms with Crippen molar-refractivity contribution in [2.24, 2.45) is 0 Å². The van der Waals surface area contributed by atoms with Gasteiger partial charge in [-0.25, -0.2) is 0 Å². The zero-order valence-electron chi connectivity index (χ0n) is 10.4. The molecule has 0 bridgehead atoms. The second-order valence-electron chi connectivity index (χ2n) is 4.56. The van der Waals surface area contributed by atoms with E-state index in [1.165, 1.54) is 5.56 Å². The molecule has 1 aromatic carbocycles. The standard InChI is InChI=1S/C13H20ClNO/c1-13(2,16-4)9-12(15-3)10-6-5-7-11(14)8-10/h5-8,12,15H,9H2,1-4H3. The van der Waals surface area contributed by atoms with Gasteiger partial charge in [-0.3, -0.25) is 0 Å². The summed E-state index contributed by atoms with van der Waals surface area (Å²) in [6.07, 6.45) is 0.903. The molecule has 1 N–H and O–H groups in total. The van der Waals surface area contributed by atoms with E-state index in [0.717, 1.165) is 11.4 Å². The molecule has 0 saturated heterocycles. The first-order valence-corrected chi connectivity index (χ1v) is 5.84. The summed E-state index contributed by atoms with van der Waals surface area (Å²) in [6, 6.07) is 8.20. The Hall–Kier alpha value is -0.570. The van der Waals surface area contributed by atoms with Crippen molar-refractivity contribution in [1.29, 1.82) is 0 Å². The molecule has 0 fully saturated rings. The summed E-state index contributed by atoms with van der Waals surface area (Å²) >= 11 is 5.99. The summed E-state index contributed by atoms with van der Waals surface area (Å²) in [7, 11) is 3.70. The van der Waals surface area contributed by atoms with E-state index in [1.54, 1.807) is 7.11 Å². The van der Waals surface area contributed by atoms with Crippen molar-refractivity contribution in [3.05, 3.63) is 34.9 Å². The molecular weight excluding hydrogens is 222 g/mol. The number of ether oxygens (including phenoxy) is 1. The highest BCUT2D eigenvalue weighted by molar-refractivity contribution is 6.30. The summed E-state index contributed by atoms with van der Waals surface area (Å²) in [5.41, 5.74) is 1.05. The molecule has 1 atom stereocenters. The SMILES string of the molecule is CNC(CC(C)(C)OC)c1cccc(Cl)c1. The van der Waals surface area contributed by atoms with Crippen molar-refractivity contribution >= 4 is 11.6 Å². The molecular formula is C13H20ClNO. The molecule has 16 heavy (non-hydrogen) atoms. The largest absolute Gasteiger partial charge is 0.379 e. The second-order valence-corrected chi connectivity index (χ2v) is 5.00. The van der Waals surface area contributed by atoms with Gasteiger partial charge in [-0.05, 0) is 45.0 Å². The van der Waals surface area contributed by atoms with E-state index in [0.29, 0.717) is 0 Å². The van der Waals surface area contributed by atoms with Crippen LogP contribution in [0, 0.1) is 0 Å². The normalized spacial score (nSPS) is 13.8. The summed E-state index contributed by atoms with van der Waals surface area (Å²) in [5.74, 6) is 0. The van der Waals surface area contributed by atoms with Gasteiger partial charge in [0.1, 0.15) is 0 Å². The van der Waals surface area contributed by atoms with E-state index in [1.807, 2.05) is 25.2 Å². The Bertz CT molecular complexity index is 338. The van der Waals surface area contributed by atoms with Crippen LogP contribution in [0.25, 0.3) is 0 Å². The highest BCUT2D eigenvalue weighted by atomic mass is 35.5. The van der Waals surface area contributed by atoms with Gasteiger partial charge in [0.2, 0.25) is 0 Å². The number of benzene rings is 1. The van der Waals surface area contributed by atoms with Crippen LogP contribution in [-0.4, -0.2) is 19.8 Å². The molecule has 0 saturated carbocycles. The smallest absolute Gasteiger partial charge is 0.0640 e. The van der Waals surface area contributed by atoms with Crippen molar-refractivity contribution in [2.45, 2.75) is 31.9 Å². The molecule has 0 aliphatic heterocycles. The fourth-order valence-electron chi connectivity index (χ4n) is 1.68. The maximum Gasteiger partial charge on any atom is 0.0640 e. The van der Waals surface area contributed by atoms with E-state index in [-0.39, 0.29) is 11.6 Å². The fourth-order valence-corrected chi connectivity index (χ4v) is 1.88. The molecule has 3 heteroatoms. The zero-order chi connectivity index (χ0) is 12.2. The number of rotatable bonds is 5. The highest BCUT2D eigenvalue weighted by Gasteiger charge is 2.22. The van der Waals surface area contributed by atoms with Gasteiger partial charge in [-0.2, -0.15) is 0 Å². The van der Waals surface area contributed by atoms with Gasteiger partial charge in [0.25, 0.3) is 0 Å². The maximum atomic E-state index is 5.99. The highest BCUT2D eigenvalue weighted by Crippen LogP contribution is 2.27. The van der Waals surface area contributed by atoms with E-state index in [9.17, 15) is 0 Å². The minimum absolute atomic E-state index is 0.143. The van der Waals surface area contributed by atoms with Crippen molar-refractivity contribution < 1.29 is 4.74 Å². The van der Waals surface area contributed by atoms with Crippen molar-refractivity contribution in [1.82, 2.24) is 5.32 Å². The molecule has 0 amide bonds. The first-order chi connectivity index (χ1) is 7.48. The van der Waals surface area contributed by atoms with Crippen LogP contribution in [0.5, 0.6) is 0 Å². The van der Waals surface area contributed by atoms with Crippen LogP contribution in [0.15, 0.2) is 24.3 Å². The predicted octanol–water partition coefficient (Wildman–Crippen LogP) is 3.42. The molecule has 0 aliphatic rings. The van der Waals surface area contributed by atoms with Crippen LogP contribution in [0.1, 0.15) is 31.9 Å². The van der Waals surface area contributed by atoms with Gasteiger partial charge < -0.3 is 10.1 Å². The number of nitrogens with one attached hydrogen (secondary N) is 1. The molecule has 1 aromatic rings. The van der Waals surface area contributed by atoms with Crippen LogP contribution in [0.2, 0.25) is 5.02 Å². The van der Waals surface area contributed by atoms with E-state index in [2.05, 4.69) is 25.2 Å². The lowest BCUT2D eigenvalue weighted by molar-refractivity contribution is 0.00744. The van der Waals surface area contributed by atoms with Gasteiger partial charge >= 0.3 is 0 Å². The zero-order valence-corrected chi connectivity index (χ0v) is 11.1. The van der Waals surface area contributed by atoms with Gasteiger partial charge in [0, 0.05) is 18.2 Å². The Labute approximate surface area is 103 Å². The van der Waals surface area contributed by atoms with Gasteiger partial charge in [0.05, 0.1) is 5.60 Å². The van der Waals surface area contributed by atoms with Gasteiger partial charge in [-0.15, -0.1) is 0 Å². The first kappa shape index (κ1) is 13.5. The van der Waals surface area contributed by atoms with E-state index in [4.69, 9.17) is 16.3 Å². The molecule has 0 aromatic heterocycles. The van der Waals surface area contributed by atoms with Crippen LogP contribution in [0.3, 0.4) is 0 Å². The third kappa shape index (κ3) is 3.78. The van der Waals surface area contributed by atoms with Gasteiger partial charge in [-0.1, -0.05) is 23.7 Å². The monoisotopic (exact) mass is 241 g/mol. The third-order valence-electron chi connectivity index (χ3n) is 2.85. The molecule has 0 spiro atoms. The Morgan fingerprint density at radius 1 is 1.44 bits per heavy atom. The van der Waals surface area contributed by atoms with Crippen molar-refractivity contribution in [2.75, 3.05) is 14.2 Å². The summed E-state index contributed by atoms with van der Waals surface area (Å²) in [5, 5.41) is 4.07. The quantitative estimate of drug-likeness (QED) is 0.853. The molecule has 2 nitrogen and oxygen atoms in total. The minimum atomic E-state index is -0.143. The molecule has 0 radical (unpaired) electrons. The average molecular weight is 242 g/mol. The van der Waals surface area contributed by atoms with E-state index >= 15 is 0 Å². The molecule has 0 aliphatic carbocycles. The fraction of sp³-hybridized carbons (Fsp3) is 0.538. The molecule has 90 valence electrons. The second kappa shape index (κ2) is 5.67. The van der Waals surface area contributed by atoms with Crippen LogP contribution in [-0.2, 0) is 4.74 Å². The summed E-state index contributed by atoms with van der Waals surface area (Å²) in [6.45, 7) is 4.17. The summed E-state index contributed by atoms with van der Waals surface area (Å²) in [4.78, 5) is 0. The predicted molar refractivity (Wildman–Crippen MR) is 69.0 cm³/mol. The van der Waals surface area contributed by atoms with E-state index < -0.39 is 0 Å². The lowest BCUT2D eigenvalue weighted by Crippen LogP contribution is -2.30. The number of hydrogen-bond acceptors (Lipinski definition) is 2. The molecule has 1 rings (SSSR count). The Morgan fingerprint density at radius 2 is 2.12 bits per heavy atom. The topological polar surface area (TPSA) is 21.3 Å². The minimum Gasteiger partial charge on any atom is -0.379 e. The third-order valence-corrected chi connectivity index (χ3v) is 3.08. The average Bonchev–Trinajstić information content (AvgIpc) is 2.26. The van der Waals surface area contributed by atoms with Crippen LogP contribution < -0.4 is 5.32 Å². The lowest BCUT2D eigenvalue weighted by Gasteiger charge is -2.28. The number of halogens is 1. The van der Waals surface area contributed by atoms with Crippen LogP contribution in [0.4, 0.5) is 0 Å². The Balaban J connectivity index is 2.82. The van der Waals surface area contributed by atoms with Gasteiger partial charge in [0.15, 0.2) is 0 Å². The summed E-state index contributed by atoms with van der Waals surface area (Å²) < 4.78 is 5.45. The Kier molecular flexibility index (Phi) is 4.78. The Morgan fingerprint density at radius 3 is 2.62 bits per heavy atom. The number of methoxy groups -OCH3 is 1. The van der Waals surface area contributed by atoms with Crippen molar-refractivity contribution in [3.63, 3.8) is 0 Å². The maximum absolute atomic E-state index is 5.99. The van der Waals surface area contributed by atoms with Crippen molar-refractivity contribution in [3.8, 4) is 0 Å².